The molecular formula is C29H26F3N7O3. The molecule has 0 aliphatic carbocycles. The van der Waals surface area contributed by atoms with Crippen molar-refractivity contribution in [2.75, 3.05) is 26.0 Å². The smallest absolute Gasteiger partial charge is 0.419 e. The quantitative estimate of drug-likeness (QED) is 0.235. The maximum atomic E-state index is 13.5. The van der Waals surface area contributed by atoms with Gasteiger partial charge in [0.2, 0.25) is 0 Å². The number of ether oxygens (including phenoxy) is 2. The second-order valence-corrected chi connectivity index (χ2v) is 9.25. The standard InChI is InChI=1S/C29H26F3N7O3/c1-17-26(20-14-21(29(30,31)32)27(33)36-16-20)39-25(37-17)7-5-22(38-39)19-4-6-23(24(15-19)41-2)42-13-3-10-35-28(40)18-8-11-34-12-9-18/h4-9,11-12,14-16H,3,10,13H2,1-2H3,(H2,33,36)(H,35,40). The fraction of sp³-hybridized carbons (Fsp3) is 0.207. The predicted octanol–water partition coefficient (Wildman–Crippen LogP) is 4.97. The summed E-state index contributed by atoms with van der Waals surface area (Å²) in [7, 11) is 1.52. The van der Waals surface area contributed by atoms with Crippen LogP contribution in [-0.2, 0) is 6.18 Å². The van der Waals surface area contributed by atoms with Crippen LogP contribution in [0.25, 0.3) is 28.2 Å². The molecule has 1 amide bonds. The summed E-state index contributed by atoms with van der Waals surface area (Å²) in [6.45, 7) is 2.45. The highest BCUT2D eigenvalue weighted by Gasteiger charge is 2.34. The van der Waals surface area contributed by atoms with Gasteiger partial charge in [-0.3, -0.25) is 9.78 Å². The van der Waals surface area contributed by atoms with Gasteiger partial charge in [0.05, 0.1) is 36.4 Å². The van der Waals surface area contributed by atoms with Crippen molar-refractivity contribution in [2.24, 2.45) is 0 Å². The molecule has 5 rings (SSSR count). The van der Waals surface area contributed by atoms with E-state index < -0.39 is 17.6 Å². The molecule has 13 heteroatoms. The molecule has 4 aromatic heterocycles. The van der Waals surface area contributed by atoms with Gasteiger partial charge < -0.3 is 20.5 Å². The zero-order chi connectivity index (χ0) is 29.9. The predicted molar refractivity (Wildman–Crippen MR) is 149 cm³/mol. The van der Waals surface area contributed by atoms with Crippen molar-refractivity contribution >= 4 is 17.4 Å². The number of nitrogens with one attached hydrogen (secondary N) is 1. The molecule has 0 bridgehead atoms. The molecule has 0 aliphatic heterocycles. The molecule has 0 saturated heterocycles. The van der Waals surface area contributed by atoms with Gasteiger partial charge in [-0.1, -0.05) is 0 Å². The van der Waals surface area contributed by atoms with Crippen LogP contribution in [0.4, 0.5) is 19.0 Å². The number of methoxy groups -OCH3 is 1. The van der Waals surface area contributed by atoms with Gasteiger partial charge in [-0.2, -0.15) is 18.3 Å². The van der Waals surface area contributed by atoms with Gasteiger partial charge in [-0.25, -0.2) is 14.5 Å². The Kier molecular flexibility index (Phi) is 7.91. The number of carbonyl (C=O) groups excluding carboxylic acids is 1. The van der Waals surface area contributed by atoms with E-state index in [1.165, 1.54) is 17.8 Å². The van der Waals surface area contributed by atoms with Crippen LogP contribution in [-0.4, -0.2) is 50.7 Å². The molecule has 0 radical (unpaired) electrons. The molecule has 0 atom stereocenters. The minimum Gasteiger partial charge on any atom is -0.493 e. The lowest BCUT2D eigenvalue weighted by Gasteiger charge is -2.13. The number of anilines is 1. The summed E-state index contributed by atoms with van der Waals surface area (Å²) in [6, 6.07) is 13.0. The number of imidazole rings is 1. The van der Waals surface area contributed by atoms with Crippen LogP contribution in [0.1, 0.15) is 28.0 Å². The minimum absolute atomic E-state index is 0.185. The number of aryl methyl sites for hydroxylation is 1. The Morgan fingerprint density at radius 3 is 2.57 bits per heavy atom. The molecule has 1 aromatic carbocycles. The SMILES string of the molecule is COc1cc(-c2ccc3nc(C)c(-c4cnc(N)c(C(F)(F)F)c4)n3n2)ccc1OCCCNC(=O)c1ccncc1. The fourth-order valence-corrected chi connectivity index (χ4v) is 4.37. The van der Waals surface area contributed by atoms with E-state index in [2.05, 4.69) is 25.4 Å². The molecule has 0 unspecified atom stereocenters. The Balaban J connectivity index is 1.33. The van der Waals surface area contributed by atoms with Crippen LogP contribution in [0.5, 0.6) is 11.5 Å². The van der Waals surface area contributed by atoms with E-state index in [9.17, 15) is 18.0 Å². The van der Waals surface area contributed by atoms with Gasteiger partial charge >= 0.3 is 6.18 Å². The number of rotatable bonds is 9. The van der Waals surface area contributed by atoms with Crippen molar-refractivity contribution in [3.8, 4) is 34.0 Å². The van der Waals surface area contributed by atoms with Crippen LogP contribution in [0.2, 0.25) is 0 Å². The fourth-order valence-electron chi connectivity index (χ4n) is 4.37. The molecular weight excluding hydrogens is 551 g/mol. The minimum atomic E-state index is -4.66. The van der Waals surface area contributed by atoms with E-state index in [0.717, 1.165) is 6.07 Å². The molecule has 3 N–H and O–H groups in total. The molecule has 10 nitrogen and oxygen atoms in total. The highest BCUT2D eigenvalue weighted by atomic mass is 19.4. The first-order valence-corrected chi connectivity index (χ1v) is 12.8. The number of nitrogens with zero attached hydrogens (tertiary/aromatic N) is 5. The molecule has 42 heavy (non-hydrogen) atoms. The average Bonchev–Trinajstić information content (AvgIpc) is 3.31. The van der Waals surface area contributed by atoms with E-state index in [1.807, 2.05) is 0 Å². The third-order valence-electron chi connectivity index (χ3n) is 6.42. The first-order valence-electron chi connectivity index (χ1n) is 12.8. The highest BCUT2D eigenvalue weighted by Crippen LogP contribution is 2.36. The first kappa shape index (κ1) is 28.3. The third-order valence-corrected chi connectivity index (χ3v) is 6.42. The molecule has 5 aromatic rings. The Morgan fingerprint density at radius 1 is 1.05 bits per heavy atom. The van der Waals surface area contributed by atoms with Crippen LogP contribution in [0.15, 0.2) is 67.1 Å². The summed E-state index contributed by atoms with van der Waals surface area (Å²) in [5.74, 6) is 0.188. The van der Waals surface area contributed by atoms with Crippen molar-refractivity contribution < 1.29 is 27.4 Å². The number of halogens is 3. The molecule has 4 heterocycles. The number of carbonyl (C=O) groups is 1. The third kappa shape index (κ3) is 5.94. The van der Waals surface area contributed by atoms with Gasteiger partial charge in [-0.15, -0.1) is 0 Å². The van der Waals surface area contributed by atoms with E-state index in [1.54, 1.807) is 61.8 Å². The van der Waals surface area contributed by atoms with E-state index >= 15 is 0 Å². The number of benzene rings is 1. The van der Waals surface area contributed by atoms with E-state index in [4.69, 9.17) is 15.2 Å². The monoisotopic (exact) mass is 577 g/mol. The Hall–Kier alpha value is -5.20. The van der Waals surface area contributed by atoms with Crippen molar-refractivity contribution in [1.29, 1.82) is 0 Å². The number of nitrogen functional groups attached to an aromatic ring is 1. The van der Waals surface area contributed by atoms with Crippen molar-refractivity contribution in [2.45, 2.75) is 19.5 Å². The van der Waals surface area contributed by atoms with Crippen LogP contribution >= 0.6 is 0 Å². The molecule has 216 valence electrons. The number of alkyl halides is 3. The van der Waals surface area contributed by atoms with Gasteiger partial charge in [0.25, 0.3) is 5.91 Å². The second-order valence-electron chi connectivity index (χ2n) is 9.25. The van der Waals surface area contributed by atoms with Gasteiger partial charge in [0, 0.05) is 41.8 Å². The zero-order valence-corrected chi connectivity index (χ0v) is 22.6. The van der Waals surface area contributed by atoms with Gasteiger partial charge in [0.1, 0.15) is 5.82 Å². The summed E-state index contributed by atoms with van der Waals surface area (Å²) in [6.07, 6.45) is 0.297. The number of hydrogen-bond acceptors (Lipinski definition) is 8. The molecule has 0 spiro atoms. The Morgan fingerprint density at radius 2 is 1.83 bits per heavy atom. The number of aromatic nitrogens is 5. The summed E-state index contributed by atoms with van der Waals surface area (Å²) in [4.78, 5) is 24.2. The van der Waals surface area contributed by atoms with Crippen LogP contribution in [0.3, 0.4) is 0 Å². The first-order chi connectivity index (χ1) is 20.2. The normalized spacial score (nSPS) is 11.5. The number of nitrogens with two attached hydrogens (primary N) is 1. The van der Waals surface area contributed by atoms with Gasteiger partial charge in [0.15, 0.2) is 17.1 Å². The summed E-state index contributed by atoms with van der Waals surface area (Å²) >= 11 is 0. The average molecular weight is 578 g/mol. The second kappa shape index (κ2) is 11.7. The van der Waals surface area contributed by atoms with Crippen LogP contribution < -0.4 is 20.5 Å². The number of hydrogen-bond donors (Lipinski definition) is 2. The van der Waals surface area contributed by atoms with Crippen molar-refractivity contribution in [3.05, 3.63) is 83.9 Å². The highest BCUT2D eigenvalue weighted by molar-refractivity contribution is 5.93. The van der Waals surface area contributed by atoms with E-state index in [-0.39, 0.29) is 11.5 Å². The van der Waals surface area contributed by atoms with Crippen molar-refractivity contribution in [1.82, 2.24) is 29.9 Å². The number of fused-ring (bicyclic) bond motifs is 1. The molecule has 0 fully saturated rings. The number of pyridine rings is 2. The number of amides is 1. The maximum absolute atomic E-state index is 13.5. The van der Waals surface area contributed by atoms with Gasteiger partial charge in [-0.05, 0) is 61.9 Å². The maximum Gasteiger partial charge on any atom is 0.419 e. The van der Waals surface area contributed by atoms with Crippen LogP contribution in [0, 0.1) is 6.92 Å². The summed E-state index contributed by atoms with van der Waals surface area (Å²) in [5, 5.41) is 7.49. The lowest BCUT2D eigenvalue weighted by atomic mass is 10.1. The Labute approximate surface area is 238 Å². The lowest BCUT2D eigenvalue weighted by molar-refractivity contribution is -0.137. The molecule has 0 aliphatic rings. The Bertz CT molecular complexity index is 1740. The topological polar surface area (TPSA) is 130 Å². The summed E-state index contributed by atoms with van der Waals surface area (Å²) in [5.41, 5.74) is 7.71. The molecule has 0 saturated carbocycles. The lowest BCUT2D eigenvalue weighted by Crippen LogP contribution is -2.25. The summed E-state index contributed by atoms with van der Waals surface area (Å²) < 4.78 is 53.3. The van der Waals surface area contributed by atoms with E-state index in [0.29, 0.717) is 64.9 Å². The zero-order valence-electron chi connectivity index (χ0n) is 22.6. The van der Waals surface area contributed by atoms with Crippen molar-refractivity contribution in [3.63, 3.8) is 0 Å². The largest absolute Gasteiger partial charge is 0.493 e.